The molecule has 0 radical (unpaired) electrons. The molecule has 0 atom stereocenters. The fourth-order valence-electron chi connectivity index (χ4n) is 2.91. The number of hydrogen-bond acceptors (Lipinski definition) is 4. The number of piperidine rings is 1. The molecule has 0 unspecified atom stereocenters. The van der Waals surface area contributed by atoms with Crippen molar-refractivity contribution in [3.05, 3.63) is 30.2 Å². The van der Waals surface area contributed by atoms with Gasteiger partial charge in [-0.05, 0) is 50.5 Å². The fourth-order valence-corrected chi connectivity index (χ4v) is 2.91. The van der Waals surface area contributed by atoms with Gasteiger partial charge in [0.1, 0.15) is 5.52 Å². The summed E-state index contributed by atoms with van der Waals surface area (Å²) in [4.78, 5) is 7.02. The van der Waals surface area contributed by atoms with Crippen LogP contribution in [-0.2, 0) is 6.54 Å². The number of aromatic nitrogens is 1. The molecular weight excluding hydrogens is 250 g/mol. The molecule has 0 saturated carbocycles. The molecule has 3 rings (SSSR count). The van der Waals surface area contributed by atoms with E-state index in [4.69, 9.17) is 4.42 Å². The summed E-state index contributed by atoms with van der Waals surface area (Å²) in [6, 6.07) is 7.98. The molecule has 4 nitrogen and oxygen atoms in total. The van der Waals surface area contributed by atoms with E-state index in [9.17, 15) is 0 Å². The number of oxazole rings is 1. The predicted octanol–water partition coefficient (Wildman–Crippen LogP) is 2.65. The van der Waals surface area contributed by atoms with E-state index < -0.39 is 0 Å². The van der Waals surface area contributed by atoms with Gasteiger partial charge in [0, 0.05) is 6.54 Å². The Labute approximate surface area is 120 Å². The topological polar surface area (TPSA) is 41.3 Å². The molecule has 1 saturated heterocycles. The molecular formula is C16H23N3O. The van der Waals surface area contributed by atoms with Crippen LogP contribution < -0.4 is 5.32 Å². The second-order valence-electron chi connectivity index (χ2n) is 5.60. The molecule has 2 heterocycles. The Morgan fingerprint density at radius 2 is 2.10 bits per heavy atom. The monoisotopic (exact) mass is 273 g/mol. The maximum absolute atomic E-state index is 5.82. The summed E-state index contributed by atoms with van der Waals surface area (Å²) in [5, 5.41) is 3.42. The van der Waals surface area contributed by atoms with Crippen molar-refractivity contribution in [1.82, 2.24) is 15.2 Å². The average molecular weight is 273 g/mol. The zero-order valence-corrected chi connectivity index (χ0v) is 12.1. The Balaban J connectivity index is 1.64. The van der Waals surface area contributed by atoms with Crippen molar-refractivity contribution in [2.24, 2.45) is 5.92 Å². The number of fused-ring (bicyclic) bond motifs is 1. The third kappa shape index (κ3) is 3.19. The van der Waals surface area contributed by atoms with E-state index in [2.05, 4.69) is 22.1 Å². The van der Waals surface area contributed by atoms with Crippen LogP contribution >= 0.6 is 0 Å². The van der Waals surface area contributed by atoms with Gasteiger partial charge in [-0.3, -0.25) is 4.90 Å². The molecule has 20 heavy (non-hydrogen) atoms. The van der Waals surface area contributed by atoms with Gasteiger partial charge in [-0.1, -0.05) is 19.1 Å². The lowest BCUT2D eigenvalue weighted by molar-refractivity contribution is 0.193. The Bertz CT molecular complexity index is 512. The van der Waals surface area contributed by atoms with Gasteiger partial charge in [0.2, 0.25) is 5.89 Å². The second-order valence-corrected chi connectivity index (χ2v) is 5.60. The first kappa shape index (κ1) is 13.6. The highest BCUT2D eigenvalue weighted by molar-refractivity contribution is 5.72. The molecule has 1 fully saturated rings. The summed E-state index contributed by atoms with van der Waals surface area (Å²) in [6.07, 6.45) is 2.56. The van der Waals surface area contributed by atoms with Gasteiger partial charge < -0.3 is 9.73 Å². The Kier molecular flexibility index (Phi) is 4.33. The van der Waals surface area contributed by atoms with Crippen molar-refractivity contribution < 1.29 is 4.42 Å². The minimum absolute atomic E-state index is 0.806. The Morgan fingerprint density at radius 1 is 1.30 bits per heavy atom. The molecule has 0 bridgehead atoms. The summed E-state index contributed by atoms with van der Waals surface area (Å²) in [5.41, 5.74) is 1.85. The van der Waals surface area contributed by atoms with Crippen LogP contribution in [0.2, 0.25) is 0 Å². The highest BCUT2D eigenvalue weighted by Gasteiger charge is 2.17. The summed E-state index contributed by atoms with van der Waals surface area (Å²) in [6.45, 7) is 7.54. The fraction of sp³-hybridized carbons (Fsp3) is 0.562. The molecule has 1 aromatic heterocycles. The molecule has 108 valence electrons. The van der Waals surface area contributed by atoms with Crippen LogP contribution in [-0.4, -0.2) is 36.1 Å². The largest absolute Gasteiger partial charge is 0.439 e. The van der Waals surface area contributed by atoms with Crippen molar-refractivity contribution >= 4 is 11.1 Å². The number of benzene rings is 1. The zero-order chi connectivity index (χ0) is 13.8. The van der Waals surface area contributed by atoms with E-state index in [0.717, 1.165) is 55.6 Å². The standard InChI is InChI=1S/C16H23N3O/c1-2-19(11-13-7-9-17-10-8-13)12-16-18-14-5-3-4-6-15(14)20-16/h3-6,13,17H,2,7-12H2,1H3. The molecule has 4 heteroatoms. The van der Waals surface area contributed by atoms with Crippen LogP contribution in [0, 0.1) is 5.92 Å². The molecule has 0 aliphatic carbocycles. The van der Waals surface area contributed by atoms with Gasteiger partial charge in [0.25, 0.3) is 0 Å². The first-order valence-corrected chi connectivity index (χ1v) is 7.62. The Hall–Kier alpha value is -1.39. The molecule has 1 N–H and O–H groups in total. The maximum atomic E-state index is 5.82. The lowest BCUT2D eigenvalue weighted by Gasteiger charge is -2.28. The van der Waals surface area contributed by atoms with Gasteiger partial charge in [-0.2, -0.15) is 0 Å². The third-order valence-corrected chi connectivity index (χ3v) is 4.12. The summed E-state index contributed by atoms with van der Waals surface area (Å²) >= 11 is 0. The number of para-hydroxylation sites is 2. The molecule has 1 aliphatic rings. The van der Waals surface area contributed by atoms with Gasteiger partial charge in [0.15, 0.2) is 5.58 Å². The predicted molar refractivity (Wildman–Crippen MR) is 80.6 cm³/mol. The molecule has 1 aliphatic heterocycles. The Morgan fingerprint density at radius 3 is 2.85 bits per heavy atom. The van der Waals surface area contributed by atoms with Gasteiger partial charge in [-0.15, -0.1) is 0 Å². The highest BCUT2D eigenvalue weighted by Crippen LogP contribution is 2.18. The average Bonchev–Trinajstić information content (AvgIpc) is 2.90. The minimum Gasteiger partial charge on any atom is -0.439 e. The maximum Gasteiger partial charge on any atom is 0.209 e. The molecule has 0 amide bonds. The molecule has 1 aromatic carbocycles. The lowest BCUT2D eigenvalue weighted by Crippen LogP contribution is -2.35. The highest BCUT2D eigenvalue weighted by atomic mass is 16.3. The van der Waals surface area contributed by atoms with Crippen molar-refractivity contribution in [3.63, 3.8) is 0 Å². The third-order valence-electron chi connectivity index (χ3n) is 4.12. The van der Waals surface area contributed by atoms with E-state index >= 15 is 0 Å². The molecule has 0 spiro atoms. The van der Waals surface area contributed by atoms with E-state index in [1.807, 2.05) is 24.3 Å². The van der Waals surface area contributed by atoms with E-state index in [0.29, 0.717) is 0 Å². The van der Waals surface area contributed by atoms with Crippen molar-refractivity contribution in [3.8, 4) is 0 Å². The first-order valence-electron chi connectivity index (χ1n) is 7.62. The summed E-state index contributed by atoms with van der Waals surface area (Å²) < 4.78 is 5.82. The smallest absolute Gasteiger partial charge is 0.209 e. The lowest BCUT2D eigenvalue weighted by atomic mass is 9.97. The second kappa shape index (κ2) is 6.37. The first-order chi connectivity index (χ1) is 9.85. The van der Waals surface area contributed by atoms with Crippen LogP contribution in [0.1, 0.15) is 25.7 Å². The van der Waals surface area contributed by atoms with E-state index in [1.165, 1.54) is 12.8 Å². The minimum atomic E-state index is 0.806. The normalized spacial score (nSPS) is 17.1. The van der Waals surface area contributed by atoms with Crippen molar-refractivity contribution in [2.75, 3.05) is 26.2 Å². The number of nitrogens with zero attached hydrogens (tertiary/aromatic N) is 2. The van der Waals surface area contributed by atoms with E-state index in [-0.39, 0.29) is 0 Å². The van der Waals surface area contributed by atoms with Crippen LogP contribution in [0.3, 0.4) is 0 Å². The van der Waals surface area contributed by atoms with Crippen molar-refractivity contribution in [1.29, 1.82) is 0 Å². The quantitative estimate of drug-likeness (QED) is 0.909. The van der Waals surface area contributed by atoms with Crippen LogP contribution in [0.15, 0.2) is 28.7 Å². The van der Waals surface area contributed by atoms with Crippen molar-refractivity contribution in [2.45, 2.75) is 26.3 Å². The number of hydrogen-bond donors (Lipinski definition) is 1. The zero-order valence-electron chi connectivity index (χ0n) is 12.1. The van der Waals surface area contributed by atoms with Gasteiger partial charge in [-0.25, -0.2) is 4.98 Å². The van der Waals surface area contributed by atoms with Gasteiger partial charge in [0.05, 0.1) is 6.54 Å². The number of rotatable bonds is 5. The van der Waals surface area contributed by atoms with Crippen LogP contribution in [0.5, 0.6) is 0 Å². The summed E-state index contributed by atoms with van der Waals surface area (Å²) in [5.74, 6) is 1.64. The SMILES string of the molecule is CCN(Cc1nc2ccccc2o1)CC1CCNCC1. The van der Waals surface area contributed by atoms with E-state index in [1.54, 1.807) is 0 Å². The van der Waals surface area contributed by atoms with Gasteiger partial charge >= 0.3 is 0 Å². The summed E-state index contributed by atoms with van der Waals surface area (Å²) in [7, 11) is 0. The molecule has 2 aromatic rings. The van der Waals surface area contributed by atoms with Crippen LogP contribution in [0.25, 0.3) is 11.1 Å². The van der Waals surface area contributed by atoms with Crippen LogP contribution in [0.4, 0.5) is 0 Å². The number of nitrogens with one attached hydrogen (secondary N) is 1.